The molecule has 1 aromatic carbocycles. The molecule has 0 saturated carbocycles. The molecule has 3 aromatic rings. The minimum absolute atomic E-state index is 0.0898. The van der Waals surface area contributed by atoms with Gasteiger partial charge in [-0.15, -0.1) is 0 Å². The molecule has 0 radical (unpaired) electrons. The molecule has 5 N–H and O–H groups in total. The van der Waals surface area contributed by atoms with Gasteiger partial charge in [0.25, 0.3) is 0 Å². The lowest BCUT2D eigenvalue weighted by Crippen LogP contribution is -2.33. The Morgan fingerprint density at radius 2 is 2.06 bits per heavy atom. The number of rotatable bonds is 10. The largest absolute Gasteiger partial charge is 0.508 e. The molecule has 1 atom stereocenters. The Morgan fingerprint density at radius 1 is 1.32 bits per heavy atom. The van der Waals surface area contributed by atoms with Gasteiger partial charge in [0.05, 0.1) is 13.7 Å². The van der Waals surface area contributed by atoms with E-state index in [1.165, 1.54) is 23.8 Å². The summed E-state index contributed by atoms with van der Waals surface area (Å²) in [4.78, 5) is 35.7. The van der Waals surface area contributed by atoms with Crippen LogP contribution in [-0.4, -0.2) is 50.9 Å². The van der Waals surface area contributed by atoms with Gasteiger partial charge < -0.3 is 25.3 Å². The Hall–Kier alpha value is -3.60. The molecule has 0 aliphatic heterocycles. The maximum Gasteiger partial charge on any atom is 0.327 e. The molecule has 2 aromatic heterocycles. The van der Waals surface area contributed by atoms with E-state index in [0.29, 0.717) is 23.3 Å². The lowest BCUT2D eigenvalue weighted by Gasteiger charge is -2.17. The Kier molecular flexibility index (Phi) is 7.08. The lowest BCUT2D eigenvalue weighted by molar-refractivity contribution is -0.143. The number of aromatic amines is 1. The molecule has 0 amide bonds. The van der Waals surface area contributed by atoms with E-state index in [9.17, 15) is 14.7 Å². The number of esters is 1. The highest BCUT2D eigenvalue weighted by molar-refractivity contribution is 5.82. The minimum Gasteiger partial charge on any atom is -0.508 e. The molecule has 0 fully saturated rings. The molecule has 0 bridgehead atoms. The van der Waals surface area contributed by atoms with Crippen molar-refractivity contribution in [3.63, 3.8) is 0 Å². The van der Waals surface area contributed by atoms with Gasteiger partial charge in [0, 0.05) is 13.1 Å². The number of aromatic hydroxyl groups is 1. The summed E-state index contributed by atoms with van der Waals surface area (Å²) in [5.41, 5.74) is 6.83. The van der Waals surface area contributed by atoms with Crippen molar-refractivity contribution in [1.82, 2.24) is 24.8 Å². The van der Waals surface area contributed by atoms with Gasteiger partial charge in [-0.1, -0.05) is 25.5 Å². The van der Waals surface area contributed by atoms with Crippen molar-refractivity contribution in [3.8, 4) is 11.8 Å². The smallest absolute Gasteiger partial charge is 0.327 e. The van der Waals surface area contributed by atoms with E-state index in [1.807, 2.05) is 6.92 Å². The van der Waals surface area contributed by atoms with Crippen molar-refractivity contribution < 1.29 is 19.4 Å². The molecule has 31 heavy (non-hydrogen) atoms. The third kappa shape index (κ3) is 5.12. The van der Waals surface area contributed by atoms with Gasteiger partial charge >= 0.3 is 17.7 Å². The summed E-state index contributed by atoms with van der Waals surface area (Å²) < 4.78 is 11.8. The standard InChI is InChI=1S/C20H26N6O5/c1-3-4-11-31-19-24-16(21)15-17(25-19)26(20(29)23-15)10-9-22-14(18(28)30-2)12-5-7-13(27)8-6-12/h5-8,14,22,27H,3-4,9-11H2,1-2H3,(H,23,29)(H2,21,24,25)/t14-/m0/s1. The molecular weight excluding hydrogens is 404 g/mol. The highest BCUT2D eigenvalue weighted by Crippen LogP contribution is 2.19. The van der Waals surface area contributed by atoms with Crippen LogP contribution in [0.5, 0.6) is 11.8 Å². The quantitative estimate of drug-likeness (QED) is 0.273. The minimum atomic E-state index is -0.765. The Morgan fingerprint density at radius 3 is 2.74 bits per heavy atom. The third-order valence-electron chi connectivity index (χ3n) is 4.71. The molecule has 11 nitrogen and oxygen atoms in total. The summed E-state index contributed by atoms with van der Waals surface area (Å²) in [5, 5.41) is 12.5. The van der Waals surface area contributed by atoms with Crippen LogP contribution in [0, 0.1) is 0 Å². The number of nitrogen functional groups attached to an aromatic ring is 1. The van der Waals surface area contributed by atoms with Crippen LogP contribution in [0.2, 0.25) is 0 Å². The number of nitrogens with two attached hydrogens (primary N) is 1. The number of methoxy groups -OCH3 is 1. The van der Waals surface area contributed by atoms with Crippen LogP contribution in [0.25, 0.3) is 11.2 Å². The number of fused-ring (bicyclic) bond motifs is 1. The predicted molar refractivity (Wildman–Crippen MR) is 114 cm³/mol. The molecule has 0 unspecified atom stereocenters. The van der Waals surface area contributed by atoms with E-state index in [1.54, 1.807) is 12.1 Å². The van der Waals surface area contributed by atoms with Crippen LogP contribution in [0.3, 0.4) is 0 Å². The molecule has 3 rings (SSSR count). The van der Waals surface area contributed by atoms with Crippen LogP contribution >= 0.6 is 0 Å². The van der Waals surface area contributed by atoms with Crippen molar-refractivity contribution in [2.24, 2.45) is 0 Å². The van der Waals surface area contributed by atoms with Crippen molar-refractivity contribution in [2.45, 2.75) is 32.4 Å². The molecule has 11 heteroatoms. The first-order chi connectivity index (χ1) is 14.9. The third-order valence-corrected chi connectivity index (χ3v) is 4.71. The Labute approximate surface area is 178 Å². The van der Waals surface area contributed by atoms with Gasteiger partial charge in [0.15, 0.2) is 11.5 Å². The highest BCUT2D eigenvalue weighted by atomic mass is 16.5. The van der Waals surface area contributed by atoms with Crippen LogP contribution in [0.15, 0.2) is 29.1 Å². The summed E-state index contributed by atoms with van der Waals surface area (Å²) in [5.74, 6) is -0.279. The summed E-state index contributed by atoms with van der Waals surface area (Å²) in [6, 6.07) is 5.55. The van der Waals surface area contributed by atoms with Gasteiger partial charge in [0.1, 0.15) is 17.3 Å². The number of imidazole rings is 1. The fourth-order valence-corrected chi connectivity index (χ4v) is 3.05. The number of anilines is 1. The Balaban J connectivity index is 1.78. The normalized spacial score (nSPS) is 12.1. The molecule has 0 aliphatic rings. The highest BCUT2D eigenvalue weighted by Gasteiger charge is 2.21. The number of H-pyrrole nitrogens is 1. The second-order valence-corrected chi connectivity index (χ2v) is 6.88. The zero-order valence-electron chi connectivity index (χ0n) is 17.4. The SMILES string of the molecule is CCCCOc1nc(N)c2[nH]c(=O)n(CCN[C@H](C(=O)OC)c3ccc(O)cc3)c2n1. The van der Waals surface area contributed by atoms with Crippen LogP contribution in [-0.2, 0) is 16.1 Å². The number of ether oxygens (including phenoxy) is 2. The molecule has 2 heterocycles. The monoisotopic (exact) mass is 430 g/mol. The van der Waals surface area contributed by atoms with Gasteiger partial charge in [-0.25, -0.2) is 9.59 Å². The zero-order valence-corrected chi connectivity index (χ0v) is 17.4. The van der Waals surface area contributed by atoms with Crippen LogP contribution in [0.1, 0.15) is 31.4 Å². The second-order valence-electron chi connectivity index (χ2n) is 6.88. The molecule has 0 aliphatic carbocycles. The van der Waals surface area contributed by atoms with Crippen LogP contribution < -0.4 is 21.5 Å². The van der Waals surface area contributed by atoms with E-state index in [0.717, 1.165) is 12.8 Å². The van der Waals surface area contributed by atoms with E-state index >= 15 is 0 Å². The number of nitrogens with one attached hydrogen (secondary N) is 2. The fraction of sp³-hybridized carbons (Fsp3) is 0.400. The number of phenols is 1. The summed E-state index contributed by atoms with van der Waals surface area (Å²) in [6.45, 7) is 2.95. The first-order valence-electron chi connectivity index (χ1n) is 9.93. The predicted octanol–water partition coefficient (Wildman–Crippen LogP) is 1.09. The lowest BCUT2D eigenvalue weighted by atomic mass is 10.1. The van der Waals surface area contributed by atoms with E-state index in [-0.39, 0.29) is 30.7 Å². The first-order valence-corrected chi connectivity index (χ1v) is 9.93. The maximum absolute atomic E-state index is 12.4. The molecular formula is C20H26N6O5. The number of aromatic nitrogens is 4. The van der Waals surface area contributed by atoms with Gasteiger partial charge in [-0.2, -0.15) is 9.97 Å². The number of hydrogen-bond donors (Lipinski definition) is 4. The average Bonchev–Trinajstić information content (AvgIpc) is 3.08. The van der Waals surface area contributed by atoms with Crippen LogP contribution in [0.4, 0.5) is 5.82 Å². The van der Waals surface area contributed by atoms with E-state index in [4.69, 9.17) is 15.2 Å². The summed E-state index contributed by atoms with van der Waals surface area (Å²) in [7, 11) is 1.29. The fourth-order valence-electron chi connectivity index (χ4n) is 3.05. The molecule has 0 saturated heterocycles. The molecule has 0 spiro atoms. The van der Waals surface area contributed by atoms with Crippen molar-refractivity contribution >= 4 is 23.0 Å². The Bertz CT molecular complexity index is 1090. The van der Waals surface area contributed by atoms with Gasteiger partial charge in [-0.3, -0.25) is 9.88 Å². The number of carbonyl (C=O) groups excluding carboxylic acids is 1. The number of carbonyl (C=O) groups is 1. The number of hydrogen-bond acceptors (Lipinski definition) is 9. The van der Waals surface area contributed by atoms with Gasteiger partial charge in [0.2, 0.25) is 0 Å². The topological polar surface area (TPSA) is 157 Å². The molecule has 166 valence electrons. The number of benzene rings is 1. The number of nitrogens with zero attached hydrogens (tertiary/aromatic N) is 3. The van der Waals surface area contributed by atoms with Gasteiger partial charge in [-0.05, 0) is 24.1 Å². The first kappa shape index (κ1) is 22.1. The number of phenolic OH excluding ortho intramolecular Hbond substituents is 1. The van der Waals surface area contributed by atoms with Crippen molar-refractivity contribution in [3.05, 3.63) is 40.3 Å². The zero-order chi connectivity index (χ0) is 22.4. The summed E-state index contributed by atoms with van der Waals surface area (Å²) in [6.07, 6.45) is 1.80. The van der Waals surface area contributed by atoms with E-state index < -0.39 is 17.7 Å². The maximum atomic E-state index is 12.4. The number of unbranched alkanes of at least 4 members (excludes halogenated alkanes) is 1. The average molecular weight is 430 g/mol. The van der Waals surface area contributed by atoms with Crippen molar-refractivity contribution in [1.29, 1.82) is 0 Å². The van der Waals surface area contributed by atoms with E-state index in [2.05, 4.69) is 20.3 Å². The summed E-state index contributed by atoms with van der Waals surface area (Å²) >= 11 is 0. The van der Waals surface area contributed by atoms with Crippen molar-refractivity contribution in [2.75, 3.05) is 26.0 Å². The second kappa shape index (κ2) is 9.94.